The van der Waals surface area contributed by atoms with Crippen LogP contribution in [0.15, 0.2) is 51.9 Å². The first-order valence-corrected chi connectivity index (χ1v) is 11.7. The van der Waals surface area contributed by atoms with E-state index in [4.69, 9.17) is 9.73 Å². The van der Waals surface area contributed by atoms with Crippen LogP contribution in [-0.2, 0) is 9.53 Å². The number of likely N-dealkylation sites (tertiary alicyclic amines) is 1. The Kier molecular flexibility index (Phi) is 12.1. The van der Waals surface area contributed by atoms with Gasteiger partial charge < -0.3 is 9.64 Å². The second kappa shape index (κ2) is 14.0. The molecule has 1 unspecified atom stereocenters. The van der Waals surface area contributed by atoms with E-state index in [0.29, 0.717) is 18.2 Å². The van der Waals surface area contributed by atoms with Gasteiger partial charge in [-0.2, -0.15) is 0 Å². The van der Waals surface area contributed by atoms with Crippen molar-refractivity contribution in [3.63, 3.8) is 0 Å². The number of carbonyl (C=O) groups excluding carboxylic acids is 1. The van der Waals surface area contributed by atoms with Gasteiger partial charge in [-0.1, -0.05) is 58.4 Å². The van der Waals surface area contributed by atoms with Crippen molar-refractivity contribution < 1.29 is 9.53 Å². The van der Waals surface area contributed by atoms with Crippen LogP contribution >= 0.6 is 0 Å². The summed E-state index contributed by atoms with van der Waals surface area (Å²) in [5.41, 5.74) is 3.71. The van der Waals surface area contributed by atoms with Gasteiger partial charge >= 0.3 is 0 Å². The molecular weight excluding hydrogens is 372 g/mol. The quantitative estimate of drug-likeness (QED) is 0.347. The normalized spacial score (nSPS) is 20.3. The summed E-state index contributed by atoms with van der Waals surface area (Å²) >= 11 is 0. The highest BCUT2D eigenvalue weighted by atomic mass is 16.5. The minimum Gasteiger partial charge on any atom is -0.487 e. The van der Waals surface area contributed by atoms with Crippen molar-refractivity contribution in [2.24, 2.45) is 10.9 Å². The predicted octanol–water partition coefficient (Wildman–Crippen LogP) is 6.61. The van der Waals surface area contributed by atoms with Crippen LogP contribution in [0.1, 0.15) is 80.6 Å². The summed E-state index contributed by atoms with van der Waals surface area (Å²) in [6.07, 6.45) is 13.4. The van der Waals surface area contributed by atoms with E-state index in [0.717, 1.165) is 61.4 Å². The first kappa shape index (κ1) is 25.9. The Bertz CT molecular complexity index is 711. The Morgan fingerprint density at radius 3 is 2.67 bits per heavy atom. The van der Waals surface area contributed by atoms with E-state index in [-0.39, 0.29) is 5.91 Å². The lowest BCUT2D eigenvalue weighted by atomic mass is 9.95. The van der Waals surface area contributed by atoms with Crippen LogP contribution in [-0.4, -0.2) is 36.2 Å². The van der Waals surface area contributed by atoms with Gasteiger partial charge in [0.25, 0.3) is 5.91 Å². The lowest BCUT2D eigenvalue weighted by Crippen LogP contribution is -2.40. The molecule has 0 radical (unpaired) electrons. The minimum absolute atomic E-state index is 0.0514. The highest BCUT2D eigenvalue weighted by Gasteiger charge is 2.24. The van der Waals surface area contributed by atoms with Crippen molar-refractivity contribution in [2.45, 2.75) is 80.6 Å². The van der Waals surface area contributed by atoms with Gasteiger partial charge in [-0.15, -0.1) is 0 Å². The second-order valence-electron chi connectivity index (χ2n) is 7.70. The smallest absolute Gasteiger partial charge is 0.272 e. The number of carbonyl (C=O) groups is 1. The fourth-order valence-corrected chi connectivity index (χ4v) is 3.72. The number of hydrogen-bond acceptors (Lipinski definition) is 3. The van der Waals surface area contributed by atoms with E-state index in [1.165, 1.54) is 6.42 Å². The molecule has 1 aliphatic heterocycles. The molecule has 1 atom stereocenters. The highest BCUT2D eigenvalue weighted by molar-refractivity contribution is 5.97. The number of allylic oxidation sites excluding steroid dienone is 6. The van der Waals surface area contributed by atoms with Crippen molar-refractivity contribution in [1.82, 2.24) is 4.90 Å². The predicted molar refractivity (Wildman–Crippen MR) is 129 cm³/mol. The molecule has 0 bridgehead atoms. The molecule has 1 heterocycles. The molecular formula is C26H42N2O2. The maximum Gasteiger partial charge on any atom is 0.272 e. The van der Waals surface area contributed by atoms with Gasteiger partial charge in [0.15, 0.2) is 0 Å². The SMILES string of the molecule is C/C=C(\N=C(CC)COC1=C(C)C=CCC=C1C)C(=O)N1CCCC(CC)C1.CC. The Balaban J connectivity index is 0.00000218. The van der Waals surface area contributed by atoms with Crippen LogP contribution in [0.4, 0.5) is 0 Å². The van der Waals surface area contributed by atoms with Crippen LogP contribution in [0.5, 0.6) is 0 Å². The van der Waals surface area contributed by atoms with Gasteiger partial charge in [0, 0.05) is 13.1 Å². The van der Waals surface area contributed by atoms with Crippen molar-refractivity contribution in [1.29, 1.82) is 0 Å². The summed E-state index contributed by atoms with van der Waals surface area (Å²) in [7, 11) is 0. The Morgan fingerprint density at radius 2 is 2.03 bits per heavy atom. The average molecular weight is 415 g/mol. The zero-order chi connectivity index (χ0) is 22.5. The van der Waals surface area contributed by atoms with E-state index in [1.807, 2.05) is 31.7 Å². The third-order valence-corrected chi connectivity index (χ3v) is 5.59. The molecule has 0 saturated carbocycles. The zero-order valence-electron chi connectivity index (χ0n) is 20.3. The van der Waals surface area contributed by atoms with Gasteiger partial charge in [-0.05, 0) is 63.5 Å². The molecule has 1 saturated heterocycles. The van der Waals surface area contributed by atoms with Crippen LogP contribution in [0, 0.1) is 5.92 Å². The molecule has 1 aliphatic carbocycles. The van der Waals surface area contributed by atoms with Gasteiger partial charge in [-0.3, -0.25) is 4.79 Å². The van der Waals surface area contributed by atoms with E-state index in [2.05, 4.69) is 45.9 Å². The van der Waals surface area contributed by atoms with Crippen LogP contribution in [0.25, 0.3) is 0 Å². The molecule has 0 spiro atoms. The molecule has 4 nitrogen and oxygen atoms in total. The first-order valence-electron chi connectivity index (χ1n) is 11.7. The largest absolute Gasteiger partial charge is 0.487 e. The maximum atomic E-state index is 13.0. The number of amides is 1. The molecule has 0 aromatic heterocycles. The van der Waals surface area contributed by atoms with E-state index >= 15 is 0 Å². The number of piperidine rings is 1. The molecule has 0 N–H and O–H groups in total. The van der Waals surface area contributed by atoms with Gasteiger partial charge in [0.05, 0.1) is 5.71 Å². The molecule has 2 rings (SSSR count). The monoisotopic (exact) mass is 414 g/mol. The van der Waals surface area contributed by atoms with Crippen molar-refractivity contribution in [2.75, 3.05) is 19.7 Å². The number of aliphatic imine (C=N–C) groups is 1. The van der Waals surface area contributed by atoms with Crippen LogP contribution in [0.2, 0.25) is 0 Å². The number of rotatable bonds is 7. The summed E-state index contributed by atoms with van der Waals surface area (Å²) in [6, 6.07) is 0. The number of hydrogen-bond donors (Lipinski definition) is 0. The molecule has 2 aliphatic rings. The molecule has 30 heavy (non-hydrogen) atoms. The van der Waals surface area contributed by atoms with Crippen LogP contribution < -0.4 is 0 Å². The molecule has 0 aromatic carbocycles. The van der Waals surface area contributed by atoms with E-state index < -0.39 is 0 Å². The maximum absolute atomic E-state index is 13.0. The van der Waals surface area contributed by atoms with Crippen molar-refractivity contribution >= 4 is 11.6 Å². The molecule has 0 aromatic rings. The topological polar surface area (TPSA) is 41.9 Å². The van der Waals surface area contributed by atoms with Gasteiger partial charge in [0.2, 0.25) is 0 Å². The highest BCUT2D eigenvalue weighted by Crippen LogP contribution is 2.22. The molecule has 1 fully saturated rings. The molecule has 1 amide bonds. The van der Waals surface area contributed by atoms with Crippen molar-refractivity contribution in [3.05, 3.63) is 46.9 Å². The third-order valence-electron chi connectivity index (χ3n) is 5.59. The second-order valence-corrected chi connectivity index (χ2v) is 7.70. The van der Waals surface area contributed by atoms with Gasteiger partial charge in [0.1, 0.15) is 18.1 Å². The Hall–Kier alpha value is -2.10. The number of ether oxygens (including phenoxy) is 1. The Labute approximate surface area is 184 Å². The Morgan fingerprint density at radius 1 is 1.30 bits per heavy atom. The summed E-state index contributed by atoms with van der Waals surface area (Å²) < 4.78 is 6.12. The number of nitrogens with zero attached hydrogens (tertiary/aromatic N) is 2. The lowest BCUT2D eigenvalue weighted by molar-refractivity contribution is -0.128. The minimum atomic E-state index is 0.0514. The van der Waals surface area contributed by atoms with E-state index in [1.54, 1.807) is 0 Å². The van der Waals surface area contributed by atoms with Gasteiger partial charge in [-0.25, -0.2) is 4.99 Å². The summed E-state index contributed by atoms with van der Waals surface area (Å²) in [5.74, 6) is 1.59. The molecule has 4 heteroatoms. The fraction of sp³-hybridized carbons (Fsp3) is 0.615. The van der Waals surface area contributed by atoms with Crippen molar-refractivity contribution in [3.8, 4) is 0 Å². The van der Waals surface area contributed by atoms with Crippen LogP contribution in [0.3, 0.4) is 0 Å². The lowest BCUT2D eigenvalue weighted by Gasteiger charge is -2.32. The summed E-state index contributed by atoms with van der Waals surface area (Å²) in [6.45, 7) is 16.4. The average Bonchev–Trinajstić information content (AvgIpc) is 2.95. The first-order chi connectivity index (χ1) is 14.5. The summed E-state index contributed by atoms with van der Waals surface area (Å²) in [5, 5.41) is 0. The fourth-order valence-electron chi connectivity index (χ4n) is 3.72. The zero-order valence-corrected chi connectivity index (χ0v) is 20.3. The standard InChI is InChI=1S/C24H36N2O2.C2H6/c1-6-20-14-11-15-26(16-20)24(27)22(8-3)25-21(7-2)17-28-23-18(4)12-9-10-13-19(23)5;1-2/h8-9,12-13,20H,6-7,10-11,14-17H2,1-5H3;1-2H3/b22-8-,25-21?;. The van der Waals surface area contributed by atoms with E-state index in [9.17, 15) is 4.79 Å². The molecule has 168 valence electrons. The third kappa shape index (κ3) is 7.62. The summed E-state index contributed by atoms with van der Waals surface area (Å²) in [4.78, 5) is 19.7.